The van der Waals surface area contributed by atoms with Crippen molar-refractivity contribution in [1.82, 2.24) is 4.57 Å². The average molecular weight is 611 g/mol. The lowest BCUT2D eigenvalue weighted by molar-refractivity contribution is 1.18. The largest absolute Gasteiger partial charge is 0.310 e. The van der Waals surface area contributed by atoms with E-state index in [1.807, 2.05) is 0 Å². The Balaban J connectivity index is 1.30. The number of aromatic nitrogens is 1. The molecule has 0 bridgehead atoms. The first kappa shape index (κ1) is 26.8. The van der Waals surface area contributed by atoms with Crippen LogP contribution in [0, 0.1) is 0 Å². The molecule has 224 valence electrons. The molecule has 48 heavy (non-hydrogen) atoms. The maximum absolute atomic E-state index is 2.43. The van der Waals surface area contributed by atoms with E-state index in [0.29, 0.717) is 0 Å². The quantitative estimate of drug-likeness (QED) is 0.180. The third-order valence-electron chi connectivity index (χ3n) is 9.89. The van der Waals surface area contributed by atoms with Gasteiger partial charge in [-0.25, -0.2) is 0 Å². The van der Waals surface area contributed by atoms with Gasteiger partial charge in [0, 0.05) is 33.2 Å². The summed E-state index contributed by atoms with van der Waals surface area (Å²) >= 11 is 0. The van der Waals surface area contributed by atoms with Gasteiger partial charge < -0.3 is 9.47 Å². The molecule has 0 radical (unpaired) electrons. The van der Waals surface area contributed by atoms with E-state index in [-0.39, 0.29) is 0 Å². The number of fused-ring (bicyclic) bond motifs is 10. The zero-order valence-corrected chi connectivity index (χ0v) is 26.2. The summed E-state index contributed by atoms with van der Waals surface area (Å²) in [6.45, 7) is 0. The summed E-state index contributed by atoms with van der Waals surface area (Å²) in [5.74, 6) is 0. The molecule has 2 heteroatoms. The summed E-state index contributed by atoms with van der Waals surface area (Å²) < 4.78 is 2.40. The average Bonchev–Trinajstić information content (AvgIpc) is 3.49. The summed E-state index contributed by atoms with van der Waals surface area (Å²) in [4.78, 5) is 2.43. The highest BCUT2D eigenvalue weighted by atomic mass is 15.1. The number of hydrogen-bond acceptors (Lipinski definition) is 1. The van der Waals surface area contributed by atoms with Gasteiger partial charge in [0.25, 0.3) is 0 Å². The van der Waals surface area contributed by atoms with E-state index >= 15 is 0 Å². The fourth-order valence-corrected chi connectivity index (χ4v) is 7.82. The molecule has 10 rings (SSSR count). The maximum atomic E-state index is 2.43. The second-order valence-corrected chi connectivity index (χ2v) is 12.6. The molecule has 0 N–H and O–H groups in total. The molecule has 9 aromatic carbocycles. The van der Waals surface area contributed by atoms with Crippen LogP contribution in [0.1, 0.15) is 0 Å². The molecule has 0 atom stereocenters. The lowest BCUT2D eigenvalue weighted by Gasteiger charge is -2.28. The minimum atomic E-state index is 1.12. The molecule has 0 unspecified atom stereocenters. The Kier molecular flexibility index (Phi) is 5.91. The first-order valence-electron chi connectivity index (χ1n) is 16.5. The van der Waals surface area contributed by atoms with E-state index in [0.717, 1.165) is 22.7 Å². The summed E-state index contributed by atoms with van der Waals surface area (Å²) in [6.07, 6.45) is 0. The summed E-state index contributed by atoms with van der Waals surface area (Å²) in [6, 6.07) is 66.3. The Labute approximate surface area is 278 Å². The van der Waals surface area contributed by atoms with E-state index in [9.17, 15) is 0 Å². The van der Waals surface area contributed by atoms with Crippen LogP contribution < -0.4 is 4.90 Å². The maximum Gasteiger partial charge on any atom is 0.0561 e. The third kappa shape index (κ3) is 4.00. The Morgan fingerprint density at radius 1 is 0.333 bits per heavy atom. The zero-order valence-electron chi connectivity index (χ0n) is 26.2. The van der Waals surface area contributed by atoms with Gasteiger partial charge in [-0.1, -0.05) is 133 Å². The molecule has 0 saturated heterocycles. The number of nitrogens with zero attached hydrogens (tertiary/aromatic N) is 2. The highest BCUT2D eigenvalue weighted by Gasteiger charge is 2.21. The first-order chi connectivity index (χ1) is 23.8. The predicted octanol–water partition coefficient (Wildman–Crippen LogP) is 12.9. The third-order valence-corrected chi connectivity index (χ3v) is 9.89. The molecule has 0 aliphatic carbocycles. The fourth-order valence-electron chi connectivity index (χ4n) is 7.82. The summed E-state index contributed by atoms with van der Waals surface area (Å²) in [5, 5.41) is 12.6. The predicted molar refractivity (Wildman–Crippen MR) is 205 cm³/mol. The van der Waals surface area contributed by atoms with E-state index in [1.165, 1.54) is 64.9 Å². The van der Waals surface area contributed by atoms with Crippen LogP contribution in [0.4, 0.5) is 17.1 Å². The molecule has 2 nitrogen and oxygen atoms in total. The lowest BCUT2D eigenvalue weighted by atomic mass is 9.92. The van der Waals surface area contributed by atoms with E-state index in [2.05, 4.69) is 191 Å². The number of anilines is 3. The fraction of sp³-hybridized carbons (Fsp3) is 0. The highest BCUT2D eigenvalue weighted by Crippen LogP contribution is 2.46. The molecular weight excluding hydrogens is 581 g/mol. The van der Waals surface area contributed by atoms with Crippen molar-refractivity contribution in [2.75, 3.05) is 4.90 Å². The van der Waals surface area contributed by atoms with Crippen molar-refractivity contribution in [1.29, 1.82) is 0 Å². The van der Waals surface area contributed by atoms with E-state index in [1.54, 1.807) is 0 Å². The van der Waals surface area contributed by atoms with Crippen molar-refractivity contribution in [3.63, 3.8) is 0 Å². The van der Waals surface area contributed by atoms with Gasteiger partial charge >= 0.3 is 0 Å². The molecule has 0 fully saturated rings. The number of benzene rings is 9. The molecule has 0 aliphatic heterocycles. The van der Waals surface area contributed by atoms with Crippen LogP contribution >= 0.6 is 0 Å². The molecule has 0 saturated carbocycles. The van der Waals surface area contributed by atoms with Crippen molar-refractivity contribution in [3.05, 3.63) is 182 Å². The Hall–Kier alpha value is -6.38. The van der Waals surface area contributed by atoms with E-state index < -0.39 is 0 Å². The number of hydrogen-bond donors (Lipinski definition) is 0. The molecular formula is C46H30N2. The Morgan fingerprint density at radius 2 is 0.917 bits per heavy atom. The SMILES string of the molecule is c1ccc(N(c2ccc3c4ccccc4n(-c4ccccc4)c3c2)c2cc3ccc4ccc5ccccc5c4c3c3ccccc23)cc1. The molecule has 0 spiro atoms. The van der Waals surface area contributed by atoms with Crippen LogP contribution in [0.2, 0.25) is 0 Å². The molecule has 0 amide bonds. The normalized spacial score (nSPS) is 11.8. The number of para-hydroxylation sites is 3. The Bertz CT molecular complexity index is 2830. The van der Waals surface area contributed by atoms with Gasteiger partial charge in [0.1, 0.15) is 0 Å². The monoisotopic (exact) mass is 610 g/mol. The van der Waals surface area contributed by atoms with Crippen molar-refractivity contribution < 1.29 is 0 Å². The van der Waals surface area contributed by atoms with Crippen LogP contribution in [0.3, 0.4) is 0 Å². The van der Waals surface area contributed by atoms with Crippen LogP contribution in [0.5, 0.6) is 0 Å². The zero-order chi connectivity index (χ0) is 31.6. The summed E-state index contributed by atoms with van der Waals surface area (Å²) in [7, 11) is 0. The van der Waals surface area contributed by atoms with Crippen LogP contribution in [0.15, 0.2) is 182 Å². The van der Waals surface area contributed by atoms with Crippen molar-refractivity contribution >= 4 is 82.0 Å². The van der Waals surface area contributed by atoms with Gasteiger partial charge in [0.2, 0.25) is 0 Å². The number of rotatable bonds is 4. The van der Waals surface area contributed by atoms with Crippen LogP contribution in [-0.2, 0) is 0 Å². The molecule has 10 aromatic rings. The minimum absolute atomic E-state index is 1.12. The van der Waals surface area contributed by atoms with Crippen molar-refractivity contribution in [3.8, 4) is 5.69 Å². The molecule has 1 aromatic heterocycles. The standard InChI is InChI=1S/C46H30N2/c1-3-14-34(15-4-1)47(36-27-28-40-38-19-11-12-22-42(38)48(44(40)30-36)35-16-5-2-6-17-35)43-29-33-26-25-32-24-23-31-13-7-8-18-37(31)45(32)46(33)41-21-10-9-20-39(41)43/h1-30H. The highest BCUT2D eigenvalue weighted by molar-refractivity contribution is 6.29. The van der Waals surface area contributed by atoms with Crippen molar-refractivity contribution in [2.24, 2.45) is 0 Å². The van der Waals surface area contributed by atoms with Crippen LogP contribution in [0.25, 0.3) is 70.6 Å². The van der Waals surface area contributed by atoms with Gasteiger partial charge in [0.05, 0.1) is 16.7 Å². The van der Waals surface area contributed by atoms with Gasteiger partial charge in [-0.3, -0.25) is 0 Å². The summed E-state index contributed by atoms with van der Waals surface area (Å²) in [5.41, 5.74) is 6.94. The lowest BCUT2D eigenvalue weighted by Crippen LogP contribution is -2.11. The second-order valence-electron chi connectivity index (χ2n) is 12.6. The molecule has 1 heterocycles. The van der Waals surface area contributed by atoms with Gasteiger partial charge in [-0.15, -0.1) is 0 Å². The topological polar surface area (TPSA) is 8.17 Å². The van der Waals surface area contributed by atoms with Gasteiger partial charge in [0.15, 0.2) is 0 Å². The van der Waals surface area contributed by atoms with E-state index in [4.69, 9.17) is 0 Å². The first-order valence-corrected chi connectivity index (χ1v) is 16.5. The van der Waals surface area contributed by atoms with Crippen LogP contribution in [-0.4, -0.2) is 4.57 Å². The Morgan fingerprint density at radius 3 is 1.73 bits per heavy atom. The van der Waals surface area contributed by atoms with Crippen molar-refractivity contribution in [2.45, 2.75) is 0 Å². The van der Waals surface area contributed by atoms with Gasteiger partial charge in [-0.05, 0) is 86.2 Å². The second kappa shape index (κ2) is 10.6. The molecule has 0 aliphatic rings. The minimum Gasteiger partial charge on any atom is -0.310 e. The van der Waals surface area contributed by atoms with Gasteiger partial charge in [-0.2, -0.15) is 0 Å². The smallest absolute Gasteiger partial charge is 0.0561 e.